The van der Waals surface area contributed by atoms with E-state index in [0.29, 0.717) is 6.04 Å². The first-order valence-corrected chi connectivity index (χ1v) is 8.16. The SMILES string of the molecule is CCc1cc(NC(C)CSC)nc(-c2ccncc2)n1. The third-order valence-electron chi connectivity index (χ3n) is 2.89. The number of aryl methyl sites for hydroxylation is 1. The number of thioether (sulfide) groups is 1. The van der Waals surface area contributed by atoms with Crippen LogP contribution in [0.25, 0.3) is 11.4 Å². The number of hydrogen-bond donors (Lipinski definition) is 1. The van der Waals surface area contributed by atoms with Gasteiger partial charge in [0.1, 0.15) is 5.82 Å². The lowest BCUT2D eigenvalue weighted by molar-refractivity contribution is 0.894. The highest BCUT2D eigenvalue weighted by molar-refractivity contribution is 7.98. The molecule has 0 saturated heterocycles. The van der Waals surface area contributed by atoms with Crippen molar-refractivity contribution in [1.29, 1.82) is 0 Å². The first-order valence-electron chi connectivity index (χ1n) is 6.76. The van der Waals surface area contributed by atoms with Crippen molar-refractivity contribution in [2.45, 2.75) is 26.3 Å². The van der Waals surface area contributed by atoms with Crippen molar-refractivity contribution in [1.82, 2.24) is 15.0 Å². The van der Waals surface area contributed by atoms with Crippen LogP contribution in [0.4, 0.5) is 5.82 Å². The molecule has 0 aromatic carbocycles. The van der Waals surface area contributed by atoms with Gasteiger partial charge in [-0.1, -0.05) is 6.92 Å². The molecular formula is C15H20N4S. The third kappa shape index (κ3) is 3.93. The van der Waals surface area contributed by atoms with Gasteiger partial charge in [-0.15, -0.1) is 0 Å². The van der Waals surface area contributed by atoms with E-state index in [9.17, 15) is 0 Å². The zero-order valence-corrected chi connectivity index (χ0v) is 12.9. The Labute approximate surface area is 124 Å². The molecule has 0 bridgehead atoms. The number of hydrogen-bond acceptors (Lipinski definition) is 5. The first kappa shape index (κ1) is 14.8. The molecular weight excluding hydrogens is 268 g/mol. The van der Waals surface area contributed by atoms with E-state index in [1.807, 2.05) is 30.0 Å². The van der Waals surface area contributed by atoms with Crippen LogP contribution >= 0.6 is 11.8 Å². The summed E-state index contributed by atoms with van der Waals surface area (Å²) in [5.74, 6) is 2.70. The van der Waals surface area contributed by atoms with Crippen LogP contribution < -0.4 is 5.32 Å². The minimum absolute atomic E-state index is 0.384. The maximum atomic E-state index is 4.61. The maximum Gasteiger partial charge on any atom is 0.161 e. The van der Waals surface area contributed by atoms with Gasteiger partial charge in [-0.05, 0) is 31.7 Å². The molecule has 106 valence electrons. The van der Waals surface area contributed by atoms with Crippen LogP contribution in [-0.4, -0.2) is 33.0 Å². The van der Waals surface area contributed by atoms with Crippen LogP contribution in [0, 0.1) is 0 Å². The lowest BCUT2D eigenvalue weighted by Crippen LogP contribution is -2.19. The first-order chi connectivity index (χ1) is 9.72. The normalized spacial score (nSPS) is 12.2. The summed E-state index contributed by atoms with van der Waals surface area (Å²) in [4.78, 5) is 13.2. The number of nitrogens with one attached hydrogen (secondary N) is 1. The Hall–Kier alpha value is -1.62. The van der Waals surface area contributed by atoms with Gasteiger partial charge in [0, 0.05) is 41.5 Å². The molecule has 2 heterocycles. The van der Waals surface area contributed by atoms with Gasteiger partial charge in [-0.25, -0.2) is 9.97 Å². The Balaban J connectivity index is 2.29. The van der Waals surface area contributed by atoms with Gasteiger partial charge in [-0.3, -0.25) is 4.98 Å². The fourth-order valence-electron chi connectivity index (χ4n) is 1.93. The molecule has 20 heavy (non-hydrogen) atoms. The zero-order valence-electron chi connectivity index (χ0n) is 12.1. The summed E-state index contributed by atoms with van der Waals surface area (Å²) in [6.45, 7) is 4.27. The molecule has 2 aromatic rings. The molecule has 1 N–H and O–H groups in total. The van der Waals surface area contributed by atoms with E-state index in [4.69, 9.17) is 0 Å². The Bertz CT molecular complexity index is 545. The van der Waals surface area contributed by atoms with Crippen LogP contribution in [0.5, 0.6) is 0 Å². The predicted molar refractivity (Wildman–Crippen MR) is 86.1 cm³/mol. The van der Waals surface area contributed by atoms with Gasteiger partial charge < -0.3 is 5.32 Å². The van der Waals surface area contributed by atoms with Gasteiger partial charge in [0.05, 0.1) is 0 Å². The smallest absolute Gasteiger partial charge is 0.161 e. The molecule has 4 nitrogen and oxygen atoms in total. The summed E-state index contributed by atoms with van der Waals surface area (Å²) in [6, 6.07) is 6.28. The van der Waals surface area contributed by atoms with E-state index in [1.165, 1.54) is 0 Å². The molecule has 0 spiro atoms. The number of rotatable bonds is 6. The Morgan fingerprint density at radius 3 is 2.65 bits per heavy atom. The summed E-state index contributed by atoms with van der Waals surface area (Å²) >= 11 is 1.83. The number of aromatic nitrogens is 3. The fourth-order valence-corrected chi connectivity index (χ4v) is 2.51. The average Bonchev–Trinajstić information content (AvgIpc) is 2.48. The van der Waals surface area contributed by atoms with Crippen molar-refractivity contribution in [2.75, 3.05) is 17.3 Å². The highest BCUT2D eigenvalue weighted by Gasteiger charge is 2.08. The van der Waals surface area contributed by atoms with Crippen molar-refractivity contribution in [3.63, 3.8) is 0 Å². The lowest BCUT2D eigenvalue weighted by atomic mass is 10.2. The Morgan fingerprint density at radius 1 is 1.25 bits per heavy atom. The van der Waals surface area contributed by atoms with Crippen LogP contribution in [0.1, 0.15) is 19.5 Å². The van der Waals surface area contributed by atoms with E-state index in [1.54, 1.807) is 12.4 Å². The summed E-state index contributed by atoms with van der Waals surface area (Å²) in [5, 5.41) is 3.44. The second-order valence-electron chi connectivity index (χ2n) is 4.66. The summed E-state index contributed by atoms with van der Waals surface area (Å²) in [6.07, 6.45) is 6.53. The minimum atomic E-state index is 0.384. The van der Waals surface area contributed by atoms with Crippen molar-refractivity contribution in [3.05, 3.63) is 36.3 Å². The van der Waals surface area contributed by atoms with Crippen LogP contribution in [0.15, 0.2) is 30.6 Å². The van der Waals surface area contributed by atoms with Gasteiger partial charge in [0.2, 0.25) is 0 Å². The molecule has 0 radical (unpaired) electrons. The van der Waals surface area contributed by atoms with Gasteiger partial charge in [0.25, 0.3) is 0 Å². The molecule has 2 aromatic heterocycles. The van der Waals surface area contributed by atoms with Crippen LogP contribution in [0.2, 0.25) is 0 Å². The second kappa shape index (κ2) is 7.24. The molecule has 5 heteroatoms. The maximum absolute atomic E-state index is 4.61. The molecule has 1 atom stereocenters. The lowest BCUT2D eigenvalue weighted by Gasteiger charge is -2.14. The van der Waals surface area contributed by atoms with Gasteiger partial charge in [0.15, 0.2) is 5.82 Å². The predicted octanol–water partition coefficient (Wildman–Crippen LogP) is 3.26. The zero-order chi connectivity index (χ0) is 14.4. The third-order valence-corrected chi connectivity index (χ3v) is 3.72. The number of pyridine rings is 1. The topological polar surface area (TPSA) is 50.7 Å². The Kier molecular flexibility index (Phi) is 5.35. The summed E-state index contributed by atoms with van der Waals surface area (Å²) in [7, 11) is 0. The molecule has 0 aliphatic rings. The van der Waals surface area contributed by atoms with Crippen LogP contribution in [-0.2, 0) is 6.42 Å². The van der Waals surface area contributed by atoms with Crippen molar-refractivity contribution >= 4 is 17.6 Å². The second-order valence-corrected chi connectivity index (χ2v) is 5.57. The molecule has 0 fully saturated rings. The van der Waals surface area contributed by atoms with E-state index in [2.05, 4.69) is 40.4 Å². The average molecular weight is 288 g/mol. The van der Waals surface area contributed by atoms with E-state index < -0.39 is 0 Å². The quantitative estimate of drug-likeness (QED) is 0.884. The molecule has 0 saturated carbocycles. The van der Waals surface area contributed by atoms with Crippen molar-refractivity contribution < 1.29 is 0 Å². The molecule has 1 unspecified atom stereocenters. The highest BCUT2D eigenvalue weighted by Crippen LogP contribution is 2.18. The van der Waals surface area contributed by atoms with Crippen LogP contribution in [0.3, 0.4) is 0 Å². The van der Waals surface area contributed by atoms with E-state index >= 15 is 0 Å². The molecule has 0 aliphatic carbocycles. The standard InChI is InChI=1S/C15H20N4S/c1-4-13-9-14(17-11(2)10-20-3)19-15(18-13)12-5-7-16-8-6-12/h5-9,11H,4,10H2,1-3H3,(H,17,18,19). The largest absolute Gasteiger partial charge is 0.367 e. The summed E-state index contributed by atoms with van der Waals surface area (Å²) < 4.78 is 0. The molecule has 0 amide bonds. The molecule has 2 rings (SSSR count). The molecule has 0 aliphatic heterocycles. The van der Waals surface area contributed by atoms with Gasteiger partial charge >= 0.3 is 0 Å². The van der Waals surface area contributed by atoms with E-state index in [0.717, 1.165) is 35.1 Å². The monoisotopic (exact) mass is 288 g/mol. The minimum Gasteiger partial charge on any atom is -0.367 e. The van der Waals surface area contributed by atoms with Crippen molar-refractivity contribution in [3.8, 4) is 11.4 Å². The van der Waals surface area contributed by atoms with E-state index in [-0.39, 0.29) is 0 Å². The summed E-state index contributed by atoms with van der Waals surface area (Å²) in [5.41, 5.74) is 2.04. The fraction of sp³-hybridized carbons (Fsp3) is 0.400. The van der Waals surface area contributed by atoms with Gasteiger partial charge in [-0.2, -0.15) is 11.8 Å². The van der Waals surface area contributed by atoms with Crippen molar-refractivity contribution in [2.24, 2.45) is 0 Å². The highest BCUT2D eigenvalue weighted by atomic mass is 32.2. The Morgan fingerprint density at radius 2 is 2.00 bits per heavy atom. The number of nitrogens with zero attached hydrogens (tertiary/aromatic N) is 3. The number of anilines is 1.